The fraction of sp³-hybridized carbons (Fsp3) is 0.214. The van der Waals surface area contributed by atoms with Crippen LogP contribution < -0.4 is 4.74 Å². The summed E-state index contributed by atoms with van der Waals surface area (Å²) in [6.07, 6.45) is 0. The molecule has 0 unspecified atom stereocenters. The van der Waals surface area contributed by atoms with Crippen molar-refractivity contribution in [2.75, 3.05) is 6.61 Å². The van der Waals surface area contributed by atoms with E-state index in [0.717, 1.165) is 21.8 Å². The van der Waals surface area contributed by atoms with Crippen molar-refractivity contribution in [2.24, 2.45) is 0 Å². The van der Waals surface area contributed by atoms with Crippen molar-refractivity contribution in [2.45, 2.75) is 13.8 Å². The summed E-state index contributed by atoms with van der Waals surface area (Å²) in [6, 6.07) is 9.42. The third kappa shape index (κ3) is 2.54. The smallest absolute Gasteiger partial charge is 0.345 e. The Morgan fingerprint density at radius 2 is 2.00 bits per heavy atom. The number of thiophene rings is 1. The third-order valence-corrected chi connectivity index (χ3v) is 3.64. The summed E-state index contributed by atoms with van der Waals surface area (Å²) in [4.78, 5) is 12.3. The van der Waals surface area contributed by atoms with E-state index in [9.17, 15) is 4.79 Å². The van der Waals surface area contributed by atoms with Gasteiger partial charge in [-0.1, -0.05) is 12.1 Å². The van der Waals surface area contributed by atoms with Gasteiger partial charge in [0.2, 0.25) is 0 Å². The average Bonchev–Trinajstić information content (AvgIpc) is 2.73. The van der Waals surface area contributed by atoms with Crippen LogP contribution in [0.2, 0.25) is 0 Å². The van der Waals surface area contributed by atoms with E-state index < -0.39 is 5.97 Å². The van der Waals surface area contributed by atoms with Gasteiger partial charge >= 0.3 is 5.97 Å². The van der Waals surface area contributed by atoms with Gasteiger partial charge in [-0.3, -0.25) is 0 Å². The molecule has 0 saturated carbocycles. The number of carboxylic acids is 1. The minimum absolute atomic E-state index is 0.372. The van der Waals surface area contributed by atoms with E-state index in [-0.39, 0.29) is 0 Å². The predicted molar refractivity (Wildman–Crippen MR) is 72.6 cm³/mol. The Bertz CT molecular complexity index is 555. The Kier molecular flexibility index (Phi) is 3.67. The molecule has 1 N–H and O–H groups in total. The van der Waals surface area contributed by atoms with Crippen LogP contribution >= 0.6 is 11.3 Å². The van der Waals surface area contributed by atoms with Gasteiger partial charge < -0.3 is 9.84 Å². The summed E-state index contributed by atoms with van der Waals surface area (Å²) in [6.45, 7) is 4.51. The molecule has 0 aliphatic carbocycles. The molecule has 3 nitrogen and oxygen atoms in total. The van der Waals surface area contributed by atoms with Crippen molar-refractivity contribution in [3.63, 3.8) is 0 Å². The van der Waals surface area contributed by atoms with Crippen molar-refractivity contribution >= 4 is 17.3 Å². The number of carboxylic acid groups (broad SMARTS) is 1. The number of hydrogen-bond donors (Lipinski definition) is 1. The number of aryl methyl sites for hydroxylation is 1. The topological polar surface area (TPSA) is 46.5 Å². The second-order valence-corrected chi connectivity index (χ2v) is 5.10. The van der Waals surface area contributed by atoms with Crippen LogP contribution in [0.25, 0.3) is 11.1 Å². The highest BCUT2D eigenvalue weighted by Gasteiger charge is 2.12. The summed E-state index contributed by atoms with van der Waals surface area (Å²) in [5.41, 5.74) is 1.99. The largest absolute Gasteiger partial charge is 0.494 e. The highest BCUT2D eigenvalue weighted by molar-refractivity contribution is 7.14. The van der Waals surface area contributed by atoms with Crippen LogP contribution in [0.15, 0.2) is 30.3 Å². The lowest BCUT2D eigenvalue weighted by atomic mass is 10.1. The van der Waals surface area contributed by atoms with Crippen molar-refractivity contribution < 1.29 is 14.6 Å². The molecule has 0 radical (unpaired) electrons. The number of benzene rings is 1. The monoisotopic (exact) mass is 262 g/mol. The number of hydrogen-bond acceptors (Lipinski definition) is 3. The number of rotatable bonds is 4. The van der Waals surface area contributed by atoms with Gasteiger partial charge in [-0.15, -0.1) is 11.3 Å². The van der Waals surface area contributed by atoms with E-state index in [1.54, 1.807) is 6.07 Å². The molecule has 2 aromatic rings. The highest BCUT2D eigenvalue weighted by atomic mass is 32.1. The van der Waals surface area contributed by atoms with Crippen molar-refractivity contribution in [1.29, 1.82) is 0 Å². The molecule has 0 amide bonds. The zero-order chi connectivity index (χ0) is 13.1. The van der Waals surface area contributed by atoms with Crippen LogP contribution in [0, 0.1) is 6.92 Å². The number of ether oxygens (including phenoxy) is 1. The van der Waals surface area contributed by atoms with Crippen LogP contribution in [-0.2, 0) is 0 Å². The number of carbonyl (C=O) groups is 1. The van der Waals surface area contributed by atoms with Gasteiger partial charge in [0.15, 0.2) is 0 Å². The molecular weight excluding hydrogens is 248 g/mol. The molecule has 4 heteroatoms. The molecule has 0 aliphatic heterocycles. The zero-order valence-electron chi connectivity index (χ0n) is 10.3. The Morgan fingerprint density at radius 1 is 1.33 bits per heavy atom. The normalized spacial score (nSPS) is 10.3. The van der Waals surface area contributed by atoms with Gasteiger partial charge in [-0.05, 0) is 43.2 Å². The van der Waals surface area contributed by atoms with E-state index in [1.165, 1.54) is 11.3 Å². The lowest BCUT2D eigenvalue weighted by molar-refractivity contribution is 0.0702. The van der Waals surface area contributed by atoms with Gasteiger partial charge in [-0.2, -0.15) is 0 Å². The fourth-order valence-electron chi connectivity index (χ4n) is 1.77. The lowest BCUT2D eigenvalue weighted by Gasteiger charge is -2.04. The molecule has 1 aromatic heterocycles. The van der Waals surface area contributed by atoms with Gasteiger partial charge in [0.1, 0.15) is 10.6 Å². The summed E-state index contributed by atoms with van der Waals surface area (Å²) >= 11 is 1.30. The minimum Gasteiger partial charge on any atom is -0.494 e. The van der Waals surface area contributed by atoms with Gasteiger partial charge in [-0.25, -0.2) is 4.79 Å². The predicted octanol–water partition coefficient (Wildman–Crippen LogP) is 3.82. The summed E-state index contributed by atoms with van der Waals surface area (Å²) in [7, 11) is 0. The standard InChI is InChI=1S/C14H14O3S/c1-3-17-11-6-4-10(5-7-11)12-8-13(14(15)16)18-9(12)2/h4-8H,3H2,1-2H3,(H,15,16). The van der Waals surface area contributed by atoms with Gasteiger partial charge in [0.25, 0.3) is 0 Å². The van der Waals surface area contributed by atoms with Crippen molar-refractivity contribution in [3.05, 3.63) is 40.1 Å². The van der Waals surface area contributed by atoms with Crippen LogP contribution in [0.3, 0.4) is 0 Å². The first-order valence-electron chi connectivity index (χ1n) is 5.68. The minimum atomic E-state index is -0.875. The van der Waals surface area contributed by atoms with Crippen LogP contribution in [0.4, 0.5) is 0 Å². The molecule has 1 heterocycles. The second kappa shape index (κ2) is 5.23. The van der Waals surface area contributed by atoms with E-state index >= 15 is 0 Å². The van der Waals surface area contributed by atoms with Crippen LogP contribution in [-0.4, -0.2) is 17.7 Å². The van der Waals surface area contributed by atoms with Gasteiger partial charge in [0, 0.05) is 4.88 Å². The lowest BCUT2D eigenvalue weighted by Crippen LogP contribution is -1.91. The molecule has 1 aromatic carbocycles. The zero-order valence-corrected chi connectivity index (χ0v) is 11.1. The molecule has 18 heavy (non-hydrogen) atoms. The first-order chi connectivity index (χ1) is 8.61. The molecule has 2 rings (SSSR count). The first kappa shape index (κ1) is 12.6. The second-order valence-electron chi connectivity index (χ2n) is 3.84. The molecular formula is C14H14O3S. The maximum Gasteiger partial charge on any atom is 0.345 e. The van der Waals surface area contributed by atoms with Crippen molar-refractivity contribution in [3.8, 4) is 16.9 Å². The van der Waals surface area contributed by atoms with E-state index in [0.29, 0.717) is 11.5 Å². The Morgan fingerprint density at radius 3 is 2.50 bits per heavy atom. The quantitative estimate of drug-likeness (QED) is 0.911. The third-order valence-electron chi connectivity index (χ3n) is 2.60. The maximum absolute atomic E-state index is 10.9. The van der Waals surface area contributed by atoms with Crippen LogP contribution in [0.1, 0.15) is 21.5 Å². The molecule has 0 saturated heterocycles. The highest BCUT2D eigenvalue weighted by Crippen LogP contribution is 2.31. The molecule has 0 spiro atoms. The maximum atomic E-state index is 10.9. The molecule has 0 fully saturated rings. The van der Waals surface area contributed by atoms with E-state index in [2.05, 4.69) is 0 Å². The van der Waals surface area contributed by atoms with E-state index in [4.69, 9.17) is 9.84 Å². The van der Waals surface area contributed by atoms with Crippen LogP contribution in [0.5, 0.6) is 5.75 Å². The molecule has 0 atom stereocenters. The summed E-state index contributed by atoms with van der Waals surface area (Å²) in [5.74, 6) is -0.0483. The fourth-order valence-corrected chi connectivity index (χ4v) is 2.65. The summed E-state index contributed by atoms with van der Waals surface area (Å²) < 4.78 is 5.38. The Labute approximate surface area is 110 Å². The average molecular weight is 262 g/mol. The van der Waals surface area contributed by atoms with E-state index in [1.807, 2.05) is 38.1 Å². The SMILES string of the molecule is CCOc1ccc(-c2cc(C(=O)O)sc2C)cc1. The van der Waals surface area contributed by atoms with Gasteiger partial charge in [0.05, 0.1) is 6.61 Å². The molecule has 0 aliphatic rings. The molecule has 0 bridgehead atoms. The Hall–Kier alpha value is -1.81. The van der Waals surface area contributed by atoms with Crippen molar-refractivity contribution in [1.82, 2.24) is 0 Å². The first-order valence-corrected chi connectivity index (χ1v) is 6.50. The Balaban J connectivity index is 2.33. The number of aromatic carboxylic acids is 1. The molecule has 94 valence electrons. The summed E-state index contributed by atoms with van der Waals surface area (Å²) in [5, 5.41) is 8.97.